The second-order valence-corrected chi connectivity index (χ2v) is 6.00. The highest BCUT2D eigenvalue weighted by Gasteiger charge is 2.10. The van der Waals surface area contributed by atoms with E-state index in [0.29, 0.717) is 5.41 Å². The van der Waals surface area contributed by atoms with Gasteiger partial charge < -0.3 is 10.5 Å². The maximum atomic E-state index is 5.86. The topological polar surface area (TPSA) is 35.2 Å². The van der Waals surface area contributed by atoms with Crippen molar-refractivity contribution in [1.82, 2.24) is 0 Å². The average Bonchev–Trinajstić information content (AvgIpc) is 2.13. The number of aryl methyl sites for hydroxylation is 2. The summed E-state index contributed by atoms with van der Waals surface area (Å²) in [5, 5.41) is 0. The first-order valence-corrected chi connectivity index (χ1v) is 6.29. The second-order valence-electron chi connectivity index (χ2n) is 6.00. The molecular formula is C15H25NO. The summed E-state index contributed by atoms with van der Waals surface area (Å²) in [5.74, 6) is 0.994. The summed E-state index contributed by atoms with van der Waals surface area (Å²) >= 11 is 0. The Hall–Kier alpha value is -1.18. The fourth-order valence-electron chi connectivity index (χ4n) is 1.99. The minimum Gasteiger partial charge on any atom is -0.493 e. The van der Waals surface area contributed by atoms with Gasteiger partial charge in [-0.15, -0.1) is 0 Å². The maximum Gasteiger partial charge on any atom is 0.125 e. The molecule has 0 aromatic heterocycles. The van der Waals surface area contributed by atoms with Crippen LogP contribution in [-0.2, 0) is 0 Å². The van der Waals surface area contributed by atoms with Gasteiger partial charge in [-0.1, -0.05) is 20.8 Å². The van der Waals surface area contributed by atoms with Crippen molar-refractivity contribution in [2.45, 2.75) is 47.5 Å². The van der Waals surface area contributed by atoms with E-state index in [4.69, 9.17) is 10.5 Å². The van der Waals surface area contributed by atoms with Crippen LogP contribution in [0.2, 0.25) is 0 Å². The monoisotopic (exact) mass is 235 g/mol. The molecule has 0 atom stereocenters. The van der Waals surface area contributed by atoms with E-state index in [1.165, 1.54) is 6.42 Å². The summed E-state index contributed by atoms with van der Waals surface area (Å²) in [6.45, 7) is 11.6. The molecule has 0 bridgehead atoms. The van der Waals surface area contributed by atoms with E-state index in [9.17, 15) is 0 Å². The Balaban J connectivity index is 2.53. The fourth-order valence-corrected chi connectivity index (χ4v) is 1.99. The molecule has 0 saturated heterocycles. The molecule has 1 rings (SSSR count). The van der Waals surface area contributed by atoms with E-state index in [1.54, 1.807) is 0 Å². The van der Waals surface area contributed by atoms with E-state index in [0.717, 1.165) is 35.6 Å². The van der Waals surface area contributed by atoms with E-state index < -0.39 is 0 Å². The van der Waals surface area contributed by atoms with E-state index in [-0.39, 0.29) is 0 Å². The van der Waals surface area contributed by atoms with Gasteiger partial charge in [0, 0.05) is 5.69 Å². The van der Waals surface area contributed by atoms with Crippen molar-refractivity contribution in [3.8, 4) is 5.75 Å². The van der Waals surface area contributed by atoms with Crippen molar-refractivity contribution in [1.29, 1.82) is 0 Å². The quantitative estimate of drug-likeness (QED) is 0.630. The van der Waals surface area contributed by atoms with E-state index in [2.05, 4.69) is 20.8 Å². The largest absolute Gasteiger partial charge is 0.493 e. The number of nitrogens with two attached hydrogens (primary N) is 1. The zero-order valence-electron chi connectivity index (χ0n) is 11.8. The molecule has 0 amide bonds. The molecule has 1 aromatic carbocycles. The number of anilines is 1. The summed E-state index contributed by atoms with van der Waals surface area (Å²) in [4.78, 5) is 0. The SMILES string of the molecule is Cc1cc(N)cc(C)c1OCCCC(C)(C)C. The Labute approximate surface area is 105 Å². The molecule has 17 heavy (non-hydrogen) atoms. The molecule has 0 aliphatic heterocycles. The first-order valence-electron chi connectivity index (χ1n) is 6.29. The minimum atomic E-state index is 0.383. The molecule has 0 aliphatic carbocycles. The Kier molecular flexibility index (Phi) is 4.44. The summed E-state index contributed by atoms with van der Waals surface area (Å²) in [6.07, 6.45) is 2.27. The Morgan fingerprint density at radius 2 is 1.65 bits per heavy atom. The number of benzene rings is 1. The number of hydrogen-bond acceptors (Lipinski definition) is 2. The van der Waals surface area contributed by atoms with Gasteiger partial charge in [0.25, 0.3) is 0 Å². The van der Waals surface area contributed by atoms with E-state index >= 15 is 0 Å². The van der Waals surface area contributed by atoms with Crippen LogP contribution < -0.4 is 10.5 Å². The van der Waals surface area contributed by atoms with Gasteiger partial charge in [0.05, 0.1) is 6.61 Å². The first-order chi connectivity index (χ1) is 7.79. The predicted octanol–water partition coefficient (Wildman–Crippen LogP) is 4.09. The van der Waals surface area contributed by atoms with Crippen LogP contribution >= 0.6 is 0 Å². The predicted molar refractivity (Wildman–Crippen MR) is 74.5 cm³/mol. The standard InChI is InChI=1S/C15H25NO/c1-11-9-13(16)10-12(2)14(11)17-8-6-7-15(3,4)5/h9-10H,6-8,16H2,1-5H3. The lowest BCUT2D eigenvalue weighted by Crippen LogP contribution is -2.08. The molecule has 0 radical (unpaired) electrons. The third kappa shape index (κ3) is 4.68. The second kappa shape index (κ2) is 5.44. The first kappa shape index (κ1) is 13.9. The lowest BCUT2D eigenvalue weighted by molar-refractivity contribution is 0.267. The Morgan fingerprint density at radius 3 is 2.12 bits per heavy atom. The number of ether oxygens (including phenoxy) is 1. The molecule has 96 valence electrons. The number of hydrogen-bond donors (Lipinski definition) is 1. The minimum absolute atomic E-state index is 0.383. The highest BCUT2D eigenvalue weighted by atomic mass is 16.5. The maximum absolute atomic E-state index is 5.86. The van der Waals surface area contributed by atoms with Crippen LogP contribution in [0.1, 0.15) is 44.7 Å². The van der Waals surface area contributed by atoms with Crippen molar-refractivity contribution in [3.63, 3.8) is 0 Å². The summed E-state index contributed by atoms with van der Waals surface area (Å²) in [5.41, 5.74) is 9.22. The van der Waals surface area contributed by atoms with Gasteiger partial charge in [-0.2, -0.15) is 0 Å². The molecule has 1 aromatic rings. The van der Waals surface area contributed by atoms with E-state index in [1.807, 2.05) is 26.0 Å². The van der Waals surface area contributed by atoms with Gasteiger partial charge in [0.15, 0.2) is 0 Å². The highest BCUT2D eigenvalue weighted by molar-refractivity contribution is 5.52. The van der Waals surface area contributed by atoms with Gasteiger partial charge in [0.2, 0.25) is 0 Å². The van der Waals surface area contributed by atoms with Gasteiger partial charge in [-0.25, -0.2) is 0 Å². The van der Waals surface area contributed by atoms with Crippen molar-refractivity contribution in [2.75, 3.05) is 12.3 Å². The van der Waals surface area contributed by atoms with Crippen LogP contribution in [0.15, 0.2) is 12.1 Å². The van der Waals surface area contributed by atoms with Crippen LogP contribution in [0, 0.1) is 19.3 Å². The number of nitrogen functional groups attached to an aromatic ring is 1. The van der Waals surface area contributed by atoms with Crippen molar-refractivity contribution < 1.29 is 4.74 Å². The Bertz CT molecular complexity index is 354. The zero-order valence-corrected chi connectivity index (χ0v) is 11.8. The van der Waals surface area contributed by atoms with Gasteiger partial charge >= 0.3 is 0 Å². The molecular weight excluding hydrogens is 210 g/mol. The molecule has 0 spiro atoms. The molecule has 0 unspecified atom stereocenters. The molecule has 2 nitrogen and oxygen atoms in total. The summed E-state index contributed by atoms with van der Waals surface area (Å²) in [6, 6.07) is 3.93. The van der Waals surface area contributed by atoms with Crippen LogP contribution in [0.4, 0.5) is 5.69 Å². The van der Waals surface area contributed by atoms with Crippen LogP contribution in [0.3, 0.4) is 0 Å². The molecule has 2 N–H and O–H groups in total. The van der Waals surface area contributed by atoms with Crippen LogP contribution in [-0.4, -0.2) is 6.61 Å². The van der Waals surface area contributed by atoms with Crippen LogP contribution in [0.25, 0.3) is 0 Å². The molecule has 0 heterocycles. The van der Waals surface area contributed by atoms with Crippen LogP contribution in [0.5, 0.6) is 5.75 Å². The Morgan fingerprint density at radius 1 is 1.12 bits per heavy atom. The third-order valence-electron chi connectivity index (χ3n) is 2.80. The summed E-state index contributed by atoms with van der Waals surface area (Å²) < 4.78 is 5.86. The van der Waals surface area contributed by atoms with Crippen molar-refractivity contribution >= 4 is 5.69 Å². The van der Waals surface area contributed by atoms with Crippen molar-refractivity contribution in [2.24, 2.45) is 5.41 Å². The normalized spacial score (nSPS) is 11.6. The zero-order chi connectivity index (χ0) is 13.1. The molecule has 2 heteroatoms. The van der Waals surface area contributed by atoms with Gasteiger partial charge in [-0.3, -0.25) is 0 Å². The lowest BCUT2D eigenvalue weighted by Gasteiger charge is -2.18. The van der Waals surface area contributed by atoms with Crippen molar-refractivity contribution in [3.05, 3.63) is 23.3 Å². The average molecular weight is 235 g/mol. The fraction of sp³-hybridized carbons (Fsp3) is 0.600. The smallest absolute Gasteiger partial charge is 0.125 e. The van der Waals surface area contributed by atoms with Gasteiger partial charge in [0.1, 0.15) is 5.75 Å². The lowest BCUT2D eigenvalue weighted by atomic mass is 9.91. The van der Waals surface area contributed by atoms with Gasteiger partial charge in [-0.05, 0) is 55.4 Å². The molecule has 0 fully saturated rings. The molecule has 0 aliphatic rings. The molecule has 0 saturated carbocycles. The number of rotatable bonds is 4. The third-order valence-corrected chi connectivity index (χ3v) is 2.80. The summed E-state index contributed by atoms with van der Waals surface area (Å²) in [7, 11) is 0. The highest BCUT2D eigenvalue weighted by Crippen LogP contribution is 2.27.